The van der Waals surface area contributed by atoms with Gasteiger partial charge >= 0.3 is 0 Å². The minimum atomic E-state index is -0.395. The van der Waals surface area contributed by atoms with Crippen molar-refractivity contribution in [1.82, 2.24) is 15.3 Å². The summed E-state index contributed by atoms with van der Waals surface area (Å²) in [5.41, 5.74) is 8.56. The molecule has 2 saturated heterocycles. The lowest BCUT2D eigenvalue weighted by Crippen LogP contribution is -2.67. The molecule has 1 saturated carbocycles. The van der Waals surface area contributed by atoms with Gasteiger partial charge in [-0.1, -0.05) is 12.8 Å². The van der Waals surface area contributed by atoms with Gasteiger partial charge in [0, 0.05) is 18.6 Å². The van der Waals surface area contributed by atoms with Gasteiger partial charge in [-0.05, 0) is 26.2 Å². The fourth-order valence-corrected chi connectivity index (χ4v) is 3.91. The molecule has 6 nitrogen and oxygen atoms in total. The number of nitrogens with one attached hydrogen (secondary N) is 1. The highest BCUT2D eigenvalue weighted by molar-refractivity contribution is 5.87. The summed E-state index contributed by atoms with van der Waals surface area (Å²) in [6.45, 7) is 2.79. The van der Waals surface area contributed by atoms with E-state index in [9.17, 15) is 9.59 Å². The Morgan fingerprint density at radius 2 is 2.05 bits per heavy atom. The molecular formula is C13H22N4O2. The van der Waals surface area contributed by atoms with Gasteiger partial charge in [-0.2, -0.15) is 0 Å². The Morgan fingerprint density at radius 3 is 2.68 bits per heavy atom. The second kappa shape index (κ2) is 4.76. The first-order chi connectivity index (χ1) is 9.13. The maximum atomic E-state index is 12.6. The second-order valence-electron chi connectivity index (χ2n) is 5.79. The van der Waals surface area contributed by atoms with Crippen molar-refractivity contribution in [1.29, 1.82) is 0 Å². The number of hydrazine groups is 1. The number of hydrogen-bond donors (Lipinski definition) is 2. The zero-order valence-electron chi connectivity index (χ0n) is 11.3. The van der Waals surface area contributed by atoms with Crippen LogP contribution in [0.2, 0.25) is 0 Å². The molecule has 1 aliphatic carbocycles. The van der Waals surface area contributed by atoms with Crippen molar-refractivity contribution in [3.63, 3.8) is 0 Å². The van der Waals surface area contributed by atoms with Crippen LogP contribution >= 0.6 is 0 Å². The molecule has 0 radical (unpaired) electrons. The molecule has 2 amide bonds. The van der Waals surface area contributed by atoms with Crippen molar-refractivity contribution in [2.24, 2.45) is 5.73 Å². The molecule has 2 heterocycles. The van der Waals surface area contributed by atoms with Crippen molar-refractivity contribution in [2.75, 3.05) is 6.54 Å². The van der Waals surface area contributed by atoms with E-state index < -0.39 is 6.04 Å². The summed E-state index contributed by atoms with van der Waals surface area (Å²) < 4.78 is 0. The third-order valence-electron chi connectivity index (χ3n) is 4.80. The van der Waals surface area contributed by atoms with Gasteiger partial charge in [-0.3, -0.25) is 9.59 Å². The second-order valence-corrected chi connectivity index (χ2v) is 5.79. The molecule has 0 spiro atoms. The first-order valence-corrected chi connectivity index (χ1v) is 7.27. The molecule has 4 unspecified atom stereocenters. The summed E-state index contributed by atoms with van der Waals surface area (Å²) in [6.07, 6.45) is 5.04. The van der Waals surface area contributed by atoms with Crippen LogP contribution in [0.4, 0.5) is 0 Å². The van der Waals surface area contributed by atoms with Crippen LogP contribution in [0, 0.1) is 0 Å². The van der Waals surface area contributed by atoms with E-state index in [1.807, 2.05) is 16.8 Å². The van der Waals surface area contributed by atoms with Crippen LogP contribution in [0.15, 0.2) is 0 Å². The molecule has 3 N–H and O–H groups in total. The molecule has 3 aliphatic rings. The Balaban J connectivity index is 1.88. The summed E-state index contributed by atoms with van der Waals surface area (Å²) in [6, 6.07) is 0.0208. The first kappa shape index (κ1) is 12.9. The van der Waals surface area contributed by atoms with Crippen LogP contribution in [0.1, 0.15) is 39.0 Å². The van der Waals surface area contributed by atoms with Crippen LogP contribution in [-0.4, -0.2) is 52.4 Å². The molecule has 0 aromatic heterocycles. The topological polar surface area (TPSA) is 78.7 Å². The normalized spacial score (nSPS) is 39.0. The van der Waals surface area contributed by atoms with Crippen LogP contribution in [0.5, 0.6) is 0 Å². The number of primary amides is 1. The number of carbonyl (C=O) groups is 2. The molecular weight excluding hydrogens is 244 g/mol. The summed E-state index contributed by atoms with van der Waals surface area (Å²) >= 11 is 0. The zero-order valence-corrected chi connectivity index (χ0v) is 11.3. The van der Waals surface area contributed by atoms with Crippen LogP contribution in [0.3, 0.4) is 0 Å². The molecule has 19 heavy (non-hydrogen) atoms. The van der Waals surface area contributed by atoms with E-state index in [1.165, 1.54) is 12.8 Å². The predicted molar refractivity (Wildman–Crippen MR) is 69.8 cm³/mol. The lowest BCUT2D eigenvalue weighted by Gasteiger charge is -2.50. The Bertz CT molecular complexity index is 400. The Morgan fingerprint density at radius 1 is 1.37 bits per heavy atom. The van der Waals surface area contributed by atoms with Crippen molar-refractivity contribution < 1.29 is 9.59 Å². The van der Waals surface area contributed by atoms with Gasteiger partial charge in [0.15, 0.2) is 0 Å². The molecule has 0 aromatic rings. The average molecular weight is 266 g/mol. The predicted octanol–water partition coefficient (Wildman–Crippen LogP) is -0.407. The number of carbonyl (C=O) groups excluding carboxylic acids is 2. The van der Waals surface area contributed by atoms with E-state index in [0.29, 0.717) is 18.5 Å². The Kier molecular flexibility index (Phi) is 3.22. The number of piperazine rings is 1. The van der Waals surface area contributed by atoms with Crippen LogP contribution in [0.25, 0.3) is 0 Å². The fraction of sp³-hybridized carbons (Fsp3) is 0.846. The summed E-state index contributed by atoms with van der Waals surface area (Å²) in [7, 11) is 0. The molecule has 3 rings (SSSR count). The molecule has 106 valence electrons. The van der Waals surface area contributed by atoms with Crippen molar-refractivity contribution >= 4 is 11.8 Å². The standard InChI is InChI=1S/C13H22N4O2/c1-2-16-9-5-3-4-6-10(9)17-11(13(16)19)7-8(15-17)12(14)18/h8-11,15H,2-7H2,1H3,(H2,14,18). The summed E-state index contributed by atoms with van der Waals surface area (Å²) in [5, 5.41) is 2.04. The van der Waals surface area contributed by atoms with E-state index >= 15 is 0 Å². The third kappa shape index (κ3) is 1.94. The lowest BCUT2D eigenvalue weighted by molar-refractivity contribution is -0.153. The highest BCUT2D eigenvalue weighted by Gasteiger charge is 2.51. The molecule has 6 heteroatoms. The van der Waals surface area contributed by atoms with Gasteiger partial charge in [0.25, 0.3) is 0 Å². The van der Waals surface area contributed by atoms with Crippen LogP contribution < -0.4 is 11.2 Å². The van der Waals surface area contributed by atoms with Crippen molar-refractivity contribution in [2.45, 2.75) is 63.2 Å². The van der Waals surface area contributed by atoms with E-state index in [1.54, 1.807) is 0 Å². The minimum Gasteiger partial charge on any atom is -0.368 e. The number of nitrogens with zero attached hydrogens (tertiary/aromatic N) is 2. The number of hydrogen-bond acceptors (Lipinski definition) is 4. The average Bonchev–Trinajstić information content (AvgIpc) is 2.85. The first-order valence-electron chi connectivity index (χ1n) is 7.27. The highest BCUT2D eigenvalue weighted by atomic mass is 16.2. The number of likely N-dealkylation sites (N-methyl/N-ethyl adjacent to an activating group) is 1. The summed E-state index contributed by atoms with van der Waals surface area (Å²) in [4.78, 5) is 25.9. The van der Waals surface area contributed by atoms with E-state index in [4.69, 9.17) is 5.73 Å². The molecule has 3 fully saturated rings. The van der Waals surface area contributed by atoms with Crippen LogP contribution in [-0.2, 0) is 9.59 Å². The molecule has 0 bridgehead atoms. The SMILES string of the molecule is CCN1C(=O)C2CC(C(N)=O)NN2C2CCCCC21. The largest absolute Gasteiger partial charge is 0.368 e. The smallest absolute Gasteiger partial charge is 0.241 e. The number of rotatable bonds is 2. The van der Waals surface area contributed by atoms with E-state index in [-0.39, 0.29) is 17.9 Å². The fourth-order valence-electron chi connectivity index (χ4n) is 3.91. The molecule has 2 aliphatic heterocycles. The minimum absolute atomic E-state index is 0.155. The maximum absolute atomic E-state index is 12.6. The molecule has 0 aromatic carbocycles. The highest BCUT2D eigenvalue weighted by Crippen LogP contribution is 2.35. The van der Waals surface area contributed by atoms with Gasteiger partial charge in [0.05, 0.1) is 0 Å². The number of amides is 2. The summed E-state index contributed by atoms with van der Waals surface area (Å²) in [5.74, 6) is -0.209. The molecule has 4 atom stereocenters. The van der Waals surface area contributed by atoms with Crippen molar-refractivity contribution in [3.8, 4) is 0 Å². The zero-order chi connectivity index (χ0) is 13.6. The maximum Gasteiger partial charge on any atom is 0.241 e. The van der Waals surface area contributed by atoms with E-state index in [0.717, 1.165) is 19.4 Å². The monoisotopic (exact) mass is 266 g/mol. The quantitative estimate of drug-likeness (QED) is 0.712. The van der Waals surface area contributed by atoms with Crippen molar-refractivity contribution in [3.05, 3.63) is 0 Å². The van der Waals surface area contributed by atoms with Gasteiger partial charge in [-0.15, -0.1) is 0 Å². The van der Waals surface area contributed by atoms with Gasteiger partial charge in [0.2, 0.25) is 11.8 Å². The van der Waals surface area contributed by atoms with Gasteiger partial charge < -0.3 is 10.6 Å². The third-order valence-corrected chi connectivity index (χ3v) is 4.80. The van der Waals surface area contributed by atoms with Gasteiger partial charge in [0.1, 0.15) is 12.1 Å². The van der Waals surface area contributed by atoms with E-state index in [2.05, 4.69) is 5.43 Å². The number of nitrogens with two attached hydrogens (primary N) is 1. The number of fused-ring (bicyclic) bond motifs is 3. The lowest BCUT2D eigenvalue weighted by atomic mass is 9.85. The Labute approximate surface area is 113 Å². The Hall–Kier alpha value is -1.14. The van der Waals surface area contributed by atoms with Gasteiger partial charge in [-0.25, -0.2) is 10.4 Å².